The number of aliphatic hydroxyl groups excluding tert-OH is 1. The fourth-order valence-corrected chi connectivity index (χ4v) is 3.00. The summed E-state index contributed by atoms with van der Waals surface area (Å²) >= 11 is 0. The van der Waals surface area contributed by atoms with Gasteiger partial charge in [0.05, 0.1) is 17.6 Å². The minimum absolute atomic E-state index is 0.0127. The molecule has 1 aromatic carbocycles. The van der Waals surface area contributed by atoms with Crippen LogP contribution >= 0.6 is 0 Å². The van der Waals surface area contributed by atoms with Crippen molar-refractivity contribution in [2.24, 2.45) is 0 Å². The van der Waals surface area contributed by atoms with Gasteiger partial charge in [-0.15, -0.1) is 0 Å². The molecule has 0 bridgehead atoms. The zero-order valence-corrected chi connectivity index (χ0v) is 15.3. The second-order valence-electron chi connectivity index (χ2n) is 6.86. The number of H-pyrrole nitrogens is 1. The van der Waals surface area contributed by atoms with Crippen molar-refractivity contribution in [2.75, 3.05) is 17.2 Å². The van der Waals surface area contributed by atoms with Crippen LogP contribution in [0.5, 0.6) is 0 Å². The maximum Gasteiger partial charge on any atom is 0.311 e. The summed E-state index contributed by atoms with van der Waals surface area (Å²) in [5.41, 5.74) is 1.38. The number of anilines is 3. The maximum atomic E-state index is 13.2. The van der Waals surface area contributed by atoms with Crippen molar-refractivity contribution < 1.29 is 14.4 Å². The minimum atomic E-state index is -0.691. The van der Waals surface area contributed by atoms with E-state index in [-0.39, 0.29) is 18.1 Å². The third kappa shape index (κ3) is 4.32. The average molecular weight is 398 g/mol. The molecule has 1 unspecified atom stereocenters. The topological polar surface area (TPSA) is 129 Å². The fraction of sp³-hybridized carbons (Fsp3) is 0.263. The van der Waals surface area contributed by atoms with Crippen LogP contribution in [0.2, 0.25) is 0 Å². The molecule has 0 amide bonds. The molecule has 3 aromatic rings. The highest BCUT2D eigenvalue weighted by atomic mass is 19.1. The van der Waals surface area contributed by atoms with Crippen molar-refractivity contribution >= 4 is 23.1 Å². The van der Waals surface area contributed by atoms with Gasteiger partial charge in [-0.3, -0.25) is 15.2 Å². The largest absolute Gasteiger partial charge is 0.394 e. The standard InChI is InChI=1S/C19H19FN6O3/c20-13-5-3-12(4-6-13)15(10-27)21-19-16(26(28)29)7-8-17(23-19)22-18-9-14(24-25-18)11-1-2-11/h3-9,11,15,27H,1-2,10H2,(H3,21,22,23,24,25). The normalized spacial score (nSPS) is 14.4. The van der Waals surface area contributed by atoms with E-state index >= 15 is 0 Å². The van der Waals surface area contributed by atoms with Crippen molar-refractivity contribution in [3.8, 4) is 0 Å². The van der Waals surface area contributed by atoms with Gasteiger partial charge in [0.15, 0.2) is 5.82 Å². The van der Waals surface area contributed by atoms with Crippen LogP contribution in [0.3, 0.4) is 0 Å². The third-order valence-electron chi connectivity index (χ3n) is 4.71. The van der Waals surface area contributed by atoms with E-state index in [1.54, 1.807) is 0 Å². The zero-order chi connectivity index (χ0) is 20.4. The van der Waals surface area contributed by atoms with Gasteiger partial charge in [0.2, 0.25) is 5.82 Å². The molecule has 0 saturated heterocycles. The van der Waals surface area contributed by atoms with Crippen LogP contribution in [0.25, 0.3) is 0 Å². The van der Waals surface area contributed by atoms with Gasteiger partial charge in [0.25, 0.3) is 0 Å². The molecule has 1 aliphatic rings. The summed E-state index contributed by atoms with van der Waals surface area (Å²) in [5, 5.41) is 34.2. The molecule has 0 aliphatic heterocycles. The van der Waals surface area contributed by atoms with Crippen molar-refractivity contribution in [1.29, 1.82) is 0 Å². The molecule has 1 aliphatic carbocycles. The lowest BCUT2D eigenvalue weighted by Crippen LogP contribution is -2.17. The summed E-state index contributed by atoms with van der Waals surface area (Å²) < 4.78 is 13.2. The highest BCUT2D eigenvalue weighted by Crippen LogP contribution is 2.39. The molecule has 0 radical (unpaired) electrons. The SMILES string of the molecule is O=[N+]([O-])c1ccc(Nc2cc(C3CC3)[nH]n2)nc1NC(CO)c1ccc(F)cc1. The van der Waals surface area contributed by atoms with Crippen molar-refractivity contribution in [1.82, 2.24) is 15.2 Å². The van der Waals surface area contributed by atoms with E-state index in [2.05, 4.69) is 25.8 Å². The highest BCUT2D eigenvalue weighted by Gasteiger charge is 2.26. The maximum absolute atomic E-state index is 13.2. The van der Waals surface area contributed by atoms with Crippen LogP contribution in [-0.2, 0) is 0 Å². The molecule has 4 rings (SSSR count). The van der Waals surface area contributed by atoms with Gasteiger partial charge in [-0.1, -0.05) is 12.1 Å². The van der Waals surface area contributed by atoms with Crippen LogP contribution in [0, 0.1) is 15.9 Å². The number of aromatic amines is 1. The zero-order valence-electron chi connectivity index (χ0n) is 15.3. The van der Waals surface area contributed by atoms with Crippen LogP contribution in [0.15, 0.2) is 42.5 Å². The smallest absolute Gasteiger partial charge is 0.311 e. The molecule has 1 fully saturated rings. The predicted molar refractivity (Wildman–Crippen MR) is 105 cm³/mol. The van der Waals surface area contributed by atoms with E-state index in [0.717, 1.165) is 18.5 Å². The molecule has 4 N–H and O–H groups in total. The first-order valence-corrected chi connectivity index (χ1v) is 9.14. The summed E-state index contributed by atoms with van der Waals surface area (Å²) in [7, 11) is 0. The molecule has 2 heterocycles. The number of halogens is 1. The molecule has 150 valence electrons. The van der Waals surface area contributed by atoms with Crippen molar-refractivity contribution in [2.45, 2.75) is 24.8 Å². The third-order valence-corrected chi connectivity index (χ3v) is 4.71. The summed E-state index contributed by atoms with van der Waals surface area (Å²) in [6.07, 6.45) is 2.27. The van der Waals surface area contributed by atoms with Gasteiger partial charge in [0, 0.05) is 23.7 Å². The summed E-state index contributed by atoms with van der Waals surface area (Å²) in [6, 6.07) is 9.53. The quantitative estimate of drug-likeness (QED) is 0.337. The number of nitro groups is 1. The fourth-order valence-electron chi connectivity index (χ4n) is 3.00. The van der Waals surface area contributed by atoms with Crippen LogP contribution in [0.4, 0.5) is 27.5 Å². The number of benzene rings is 1. The molecule has 10 heteroatoms. The molecule has 9 nitrogen and oxygen atoms in total. The second kappa shape index (κ2) is 7.84. The monoisotopic (exact) mass is 398 g/mol. The summed E-state index contributed by atoms with van der Waals surface area (Å²) in [5.74, 6) is 1.02. The lowest BCUT2D eigenvalue weighted by molar-refractivity contribution is -0.384. The summed E-state index contributed by atoms with van der Waals surface area (Å²) in [6.45, 7) is -0.355. The Labute approximate surface area is 165 Å². The van der Waals surface area contributed by atoms with E-state index < -0.39 is 16.8 Å². The second-order valence-corrected chi connectivity index (χ2v) is 6.86. The number of aromatic nitrogens is 3. The molecular formula is C19H19FN6O3. The molecule has 1 atom stereocenters. The molecule has 0 spiro atoms. The Morgan fingerprint density at radius 1 is 1.24 bits per heavy atom. The first-order valence-electron chi connectivity index (χ1n) is 9.14. The van der Waals surface area contributed by atoms with E-state index in [9.17, 15) is 19.6 Å². The lowest BCUT2D eigenvalue weighted by atomic mass is 10.1. The predicted octanol–water partition coefficient (Wildman–Crippen LogP) is 3.62. The Hall–Kier alpha value is -3.53. The van der Waals surface area contributed by atoms with Crippen molar-refractivity contribution in [3.05, 3.63) is 69.7 Å². The van der Waals surface area contributed by atoms with E-state index in [0.29, 0.717) is 23.1 Å². The van der Waals surface area contributed by atoms with Crippen LogP contribution < -0.4 is 10.6 Å². The number of aliphatic hydroxyl groups is 1. The number of nitrogens with one attached hydrogen (secondary N) is 3. The van der Waals surface area contributed by atoms with Crippen LogP contribution in [-0.4, -0.2) is 31.8 Å². The Morgan fingerprint density at radius 3 is 2.66 bits per heavy atom. The number of nitrogens with zero attached hydrogens (tertiary/aromatic N) is 3. The number of hydrogen-bond acceptors (Lipinski definition) is 7. The van der Waals surface area contributed by atoms with Gasteiger partial charge >= 0.3 is 5.69 Å². The van der Waals surface area contributed by atoms with Gasteiger partial charge in [-0.2, -0.15) is 5.10 Å². The lowest BCUT2D eigenvalue weighted by Gasteiger charge is -2.18. The Morgan fingerprint density at radius 2 is 2.00 bits per heavy atom. The molecule has 2 aromatic heterocycles. The molecule has 1 saturated carbocycles. The van der Waals surface area contributed by atoms with Gasteiger partial charge in [-0.25, -0.2) is 9.37 Å². The van der Waals surface area contributed by atoms with E-state index in [4.69, 9.17) is 0 Å². The number of rotatable bonds is 8. The van der Waals surface area contributed by atoms with Crippen molar-refractivity contribution in [3.63, 3.8) is 0 Å². The average Bonchev–Trinajstić information content (AvgIpc) is 3.46. The van der Waals surface area contributed by atoms with Gasteiger partial charge < -0.3 is 15.7 Å². The van der Waals surface area contributed by atoms with Gasteiger partial charge in [0.1, 0.15) is 11.6 Å². The van der Waals surface area contributed by atoms with Gasteiger partial charge in [-0.05, 0) is 36.6 Å². The van der Waals surface area contributed by atoms with Crippen LogP contribution in [0.1, 0.15) is 36.1 Å². The number of pyridine rings is 1. The number of hydrogen-bond donors (Lipinski definition) is 4. The first kappa shape index (κ1) is 18.8. The Kier molecular flexibility index (Phi) is 5.09. The first-order chi connectivity index (χ1) is 14.0. The van der Waals surface area contributed by atoms with E-state index in [1.165, 1.54) is 36.4 Å². The Bertz CT molecular complexity index is 1020. The highest BCUT2D eigenvalue weighted by molar-refractivity contribution is 5.63. The minimum Gasteiger partial charge on any atom is -0.394 e. The molecular weight excluding hydrogens is 379 g/mol. The Balaban J connectivity index is 1.58. The summed E-state index contributed by atoms with van der Waals surface area (Å²) in [4.78, 5) is 15.1. The molecule has 29 heavy (non-hydrogen) atoms. The van der Waals surface area contributed by atoms with E-state index in [1.807, 2.05) is 6.07 Å².